The van der Waals surface area contributed by atoms with Gasteiger partial charge in [-0.25, -0.2) is 0 Å². The molecule has 1 nitrogen and oxygen atoms in total. The summed E-state index contributed by atoms with van der Waals surface area (Å²) in [5.41, 5.74) is 0. The molecule has 0 atom stereocenters. The molecule has 0 aliphatic rings. The molecule has 46 valence electrons. The van der Waals surface area contributed by atoms with Crippen LogP contribution in [0.25, 0.3) is 0 Å². The topological polar surface area (TPSA) is 9.23 Å². The zero-order valence-corrected chi connectivity index (χ0v) is 8.30. The molecule has 0 aliphatic carbocycles. The zero-order chi connectivity index (χ0) is 6.24. The Labute approximate surface area is 64.9 Å². The Bertz CT molecular complexity index is 33.5. The minimum atomic E-state index is 0.963. The van der Waals surface area contributed by atoms with Gasteiger partial charge in [0.05, 0.1) is 0 Å². The molecule has 8 heavy (non-hydrogen) atoms. The van der Waals surface area contributed by atoms with Crippen LogP contribution in [0.1, 0.15) is 19.8 Å². The van der Waals surface area contributed by atoms with E-state index in [1.165, 1.54) is 17.3 Å². The second-order valence-electron chi connectivity index (χ2n) is 1.72. The predicted octanol–water partition coefficient (Wildman–Crippen LogP) is 1.39. The molecule has 0 fully saturated rings. The van der Waals surface area contributed by atoms with Crippen LogP contribution in [0.3, 0.4) is 0 Å². The second-order valence-corrected chi connectivity index (χ2v) is 3.14. The third-order valence-corrected chi connectivity index (χ3v) is 1.47. The van der Waals surface area contributed by atoms with Crippen LogP contribution >= 0.6 is 0 Å². The van der Waals surface area contributed by atoms with Gasteiger partial charge in [-0.3, -0.25) is 0 Å². The molecular formula is C6H13OSn+. The fraction of sp³-hybridized carbons (Fsp3) is 1.00. The van der Waals surface area contributed by atoms with Gasteiger partial charge in [0.1, 0.15) is 0 Å². The Morgan fingerprint density at radius 1 is 1.38 bits per heavy atom. The summed E-state index contributed by atoms with van der Waals surface area (Å²) in [4.78, 5) is 0. The third kappa shape index (κ3) is 6.76. The maximum atomic E-state index is 5.25. The molecule has 0 rings (SSSR count). The van der Waals surface area contributed by atoms with Gasteiger partial charge in [0.15, 0.2) is 0 Å². The molecule has 0 unspecified atom stereocenters. The van der Waals surface area contributed by atoms with Gasteiger partial charge in [-0.05, 0) is 0 Å². The Kier molecular flexibility index (Phi) is 8.49. The van der Waals surface area contributed by atoms with Crippen LogP contribution in [0, 0.1) is 0 Å². The van der Waals surface area contributed by atoms with Crippen molar-refractivity contribution in [1.29, 1.82) is 0 Å². The molecule has 0 saturated carbocycles. The summed E-state index contributed by atoms with van der Waals surface area (Å²) >= 11 is 1.58. The molecule has 0 aromatic heterocycles. The van der Waals surface area contributed by atoms with Crippen LogP contribution in [-0.2, 0) is 4.74 Å². The number of hydrogen-bond acceptors (Lipinski definition) is 1. The first-order valence-electron chi connectivity index (χ1n) is 3.14. The first kappa shape index (κ1) is 8.76. The summed E-state index contributed by atoms with van der Waals surface area (Å²) in [6.45, 7) is 4.12. The number of ether oxygens (including phenoxy) is 1. The molecular weight excluding hydrogens is 207 g/mol. The quantitative estimate of drug-likeness (QED) is 0.502. The Balaban J connectivity index is 2.53. The normalized spacial score (nSPS) is 9.62. The average Bonchev–Trinajstić information content (AvgIpc) is 1.81. The Morgan fingerprint density at radius 2 is 2.12 bits per heavy atom. The van der Waals surface area contributed by atoms with Crippen LogP contribution in [0.15, 0.2) is 0 Å². The van der Waals surface area contributed by atoms with Crippen molar-refractivity contribution >= 4 is 22.5 Å². The van der Waals surface area contributed by atoms with E-state index in [0.29, 0.717) is 0 Å². The van der Waals surface area contributed by atoms with Gasteiger partial charge in [0, 0.05) is 0 Å². The first-order chi connectivity index (χ1) is 3.91. The van der Waals surface area contributed by atoms with E-state index < -0.39 is 0 Å². The van der Waals surface area contributed by atoms with E-state index in [-0.39, 0.29) is 0 Å². The van der Waals surface area contributed by atoms with E-state index in [4.69, 9.17) is 4.74 Å². The molecule has 2 radical (unpaired) electrons. The predicted molar refractivity (Wildman–Crippen MR) is 36.3 cm³/mol. The van der Waals surface area contributed by atoms with Crippen molar-refractivity contribution in [2.75, 3.05) is 13.2 Å². The van der Waals surface area contributed by atoms with E-state index in [2.05, 4.69) is 6.92 Å². The Morgan fingerprint density at radius 3 is 2.62 bits per heavy atom. The monoisotopic (exact) mass is 221 g/mol. The second kappa shape index (κ2) is 7.76. The molecule has 0 spiro atoms. The number of rotatable bonds is 5. The molecule has 0 bridgehead atoms. The fourth-order valence-corrected chi connectivity index (χ4v) is 0.833. The molecule has 0 saturated heterocycles. The summed E-state index contributed by atoms with van der Waals surface area (Å²) in [7, 11) is 0. The summed E-state index contributed by atoms with van der Waals surface area (Å²) < 4.78 is 6.48. The van der Waals surface area contributed by atoms with E-state index in [1.807, 2.05) is 0 Å². The summed E-state index contributed by atoms with van der Waals surface area (Å²) in [5.74, 6) is 0. The van der Waals surface area contributed by atoms with E-state index >= 15 is 0 Å². The van der Waals surface area contributed by atoms with Gasteiger partial charge in [0.25, 0.3) is 0 Å². The first-order valence-corrected chi connectivity index (χ1v) is 5.16. The van der Waals surface area contributed by atoms with Crippen molar-refractivity contribution in [3.05, 3.63) is 0 Å². The average molecular weight is 220 g/mol. The van der Waals surface area contributed by atoms with Crippen LogP contribution < -0.4 is 0 Å². The number of hydrogen-bond donors (Lipinski definition) is 0. The molecule has 0 aromatic carbocycles. The summed E-state index contributed by atoms with van der Waals surface area (Å²) in [6.07, 6.45) is 2.47. The van der Waals surface area contributed by atoms with Crippen molar-refractivity contribution in [2.45, 2.75) is 24.2 Å². The molecule has 0 N–H and O–H groups in total. The maximum absolute atomic E-state index is 5.25. The van der Waals surface area contributed by atoms with E-state index in [0.717, 1.165) is 13.2 Å². The van der Waals surface area contributed by atoms with Crippen molar-refractivity contribution in [1.82, 2.24) is 0 Å². The Hall–Kier alpha value is 0.759. The third-order valence-electron chi connectivity index (χ3n) is 0.889. The van der Waals surface area contributed by atoms with Crippen LogP contribution in [0.2, 0.25) is 4.44 Å². The molecule has 0 aromatic rings. The van der Waals surface area contributed by atoms with Crippen molar-refractivity contribution in [3.8, 4) is 0 Å². The van der Waals surface area contributed by atoms with Gasteiger partial charge in [-0.15, -0.1) is 0 Å². The van der Waals surface area contributed by atoms with Gasteiger partial charge < -0.3 is 0 Å². The van der Waals surface area contributed by atoms with Crippen molar-refractivity contribution in [3.63, 3.8) is 0 Å². The summed E-state index contributed by atoms with van der Waals surface area (Å²) in [6, 6.07) is 0. The number of unbranched alkanes of at least 4 members (excludes halogenated alkanes) is 1. The van der Waals surface area contributed by atoms with Gasteiger partial charge in [-0.1, -0.05) is 0 Å². The van der Waals surface area contributed by atoms with Crippen LogP contribution in [0.5, 0.6) is 0 Å². The van der Waals surface area contributed by atoms with Gasteiger partial charge in [0.2, 0.25) is 0 Å². The minimum absolute atomic E-state index is 0.963. The van der Waals surface area contributed by atoms with Gasteiger partial charge >= 0.3 is 64.7 Å². The van der Waals surface area contributed by atoms with E-state index in [9.17, 15) is 0 Å². The molecule has 0 aliphatic heterocycles. The van der Waals surface area contributed by atoms with Crippen molar-refractivity contribution in [2.24, 2.45) is 0 Å². The zero-order valence-electron chi connectivity index (χ0n) is 5.44. The van der Waals surface area contributed by atoms with Crippen LogP contribution in [-0.4, -0.2) is 35.7 Å². The van der Waals surface area contributed by atoms with Gasteiger partial charge in [-0.2, -0.15) is 0 Å². The SMILES string of the molecule is CCCCOC[CH2][Sn+]. The summed E-state index contributed by atoms with van der Waals surface area (Å²) in [5, 5.41) is 0. The molecule has 0 amide bonds. The molecule has 2 heteroatoms. The molecule has 0 heterocycles. The van der Waals surface area contributed by atoms with E-state index in [1.54, 1.807) is 22.5 Å². The fourth-order valence-electron chi connectivity index (χ4n) is 0.421. The van der Waals surface area contributed by atoms with Crippen molar-refractivity contribution < 1.29 is 4.74 Å². The van der Waals surface area contributed by atoms with Crippen LogP contribution in [0.4, 0.5) is 0 Å². The standard InChI is InChI=1S/C6H13O.Sn/c1-3-5-6-7-4-2;/h2-6H2,1H3;/q;+1.